The van der Waals surface area contributed by atoms with E-state index in [1.807, 2.05) is 20.8 Å². The quantitative estimate of drug-likeness (QED) is 0.386. The topological polar surface area (TPSA) is 60.2 Å². The van der Waals surface area contributed by atoms with Crippen LogP contribution in [0.3, 0.4) is 0 Å². The predicted octanol–water partition coefficient (Wildman–Crippen LogP) is 3.51. The Morgan fingerprint density at radius 1 is 1.47 bits per heavy atom. The highest BCUT2D eigenvalue weighted by Crippen LogP contribution is 2.19. The minimum absolute atomic E-state index is 0.260. The van der Waals surface area contributed by atoms with Crippen molar-refractivity contribution in [2.45, 2.75) is 32.7 Å². The van der Waals surface area contributed by atoms with Crippen molar-refractivity contribution in [3.8, 4) is 6.19 Å². The normalized spacial score (nSPS) is 11.9. The van der Waals surface area contributed by atoms with Crippen LogP contribution in [-0.2, 0) is 0 Å². The van der Waals surface area contributed by atoms with Gasteiger partial charge in [0.1, 0.15) is 5.82 Å². The summed E-state index contributed by atoms with van der Waals surface area (Å²) in [5, 5.41) is 14.3. The van der Waals surface area contributed by atoms with Gasteiger partial charge in [0.2, 0.25) is 5.96 Å². The number of aliphatic imine (C=N–C) groups is 1. The molecule has 1 aromatic carbocycles. The molecule has 0 fully saturated rings. The fraction of sp³-hybridized carbons (Fsp3) is 0.385. The molecule has 2 N–H and O–H groups in total. The molecule has 1 rings (SSSR count). The average Bonchev–Trinajstić information content (AvgIpc) is 2.27. The van der Waals surface area contributed by atoms with Crippen molar-refractivity contribution in [2.24, 2.45) is 4.99 Å². The van der Waals surface area contributed by atoms with Crippen molar-refractivity contribution in [2.75, 3.05) is 5.32 Å². The molecule has 102 valence electrons. The molecule has 0 atom stereocenters. The summed E-state index contributed by atoms with van der Waals surface area (Å²) in [5.74, 6) is -0.197. The summed E-state index contributed by atoms with van der Waals surface area (Å²) < 4.78 is 13.2. The van der Waals surface area contributed by atoms with E-state index in [0.717, 1.165) is 6.42 Å². The van der Waals surface area contributed by atoms with Gasteiger partial charge in [-0.3, -0.25) is 5.32 Å². The maximum Gasteiger partial charge on any atom is 0.209 e. The summed E-state index contributed by atoms with van der Waals surface area (Å²) in [7, 11) is 0. The first-order chi connectivity index (χ1) is 8.86. The number of rotatable bonds is 3. The van der Waals surface area contributed by atoms with Crippen LogP contribution in [-0.4, -0.2) is 11.5 Å². The van der Waals surface area contributed by atoms with Crippen LogP contribution in [0.5, 0.6) is 0 Å². The molecule has 0 aliphatic carbocycles. The van der Waals surface area contributed by atoms with Crippen molar-refractivity contribution in [1.82, 2.24) is 5.32 Å². The molecule has 0 bridgehead atoms. The Balaban J connectivity index is 2.99. The van der Waals surface area contributed by atoms with Crippen LogP contribution in [0.15, 0.2) is 23.2 Å². The summed E-state index contributed by atoms with van der Waals surface area (Å²) in [4.78, 5) is 4.38. The standard InChI is InChI=1S/C13H16ClFN4/c1-4-13(2,3)19-12(17-8-16)18-11-6-9(14)5-10(15)7-11/h5-7H,4H2,1-3H3,(H2,17,18,19). The third kappa shape index (κ3) is 5.14. The van der Waals surface area contributed by atoms with Crippen LogP contribution in [0, 0.1) is 17.3 Å². The summed E-state index contributed by atoms with van der Waals surface area (Å²) in [6.07, 6.45) is 2.59. The molecule has 0 heterocycles. The van der Waals surface area contributed by atoms with E-state index in [1.165, 1.54) is 12.1 Å². The van der Waals surface area contributed by atoms with E-state index in [-0.39, 0.29) is 16.5 Å². The van der Waals surface area contributed by atoms with Crippen LogP contribution < -0.4 is 10.6 Å². The van der Waals surface area contributed by atoms with Gasteiger partial charge in [-0.1, -0.05) is 18.5 Å². The van der Waals surface area contributed by atoms with Gasteiger partial charge in [-0.25, -0.2) is 9.38 Å². The van der Waals surface area contributed by atoms with Gasteiger partial charge < -0.3 is 5.32 Å². The highest BCUT2D eigenvalue weighted by molar-refractivity contribution is 6.30. The fourth-order valence-corrected chi connectivity index (χ4v) is 1.51. The van der Waals surface area contributed by atoms with Crippen LogP contribution in [0.25, 0.3) is 0 Å². The minimum Gasteiger partial charge on any atom is -0.325 e. The SMILES string of the molecule is CCC(C)(C)N=C(NC#N)Nc1cc(F)cc(Cl)c1. The Morgan fingerprint density at radius 3 is 2.68 bits per heavy atom. The number of hydrogen-bond acceptors (Lipinski definition) is 2. The number of guanidine groups is 1. The number of benzene rings is 1. The smallest absolute Gasteiger partial charge is 0.209 e. The van der Waals surface area contributed by atoms with E-state index in [9.17, 15) is 4.39 Å². The first-order valence-corrected chi connectivity index (χ1v) is 6.22. The molecule has 0 unspecified atom stereocenters. The number of nitrogens with zero attached hydrogens (tertiary/aromatic N) is 2. The van der Waals surface area contributed by atoms with E-state index < -0.39 is 5.82 Å². The Morgan fingerprint density at radius 2 is 2.16 bits per heavy atom. The minimum atomic E-state index is -0.457. The predicted molar refractivity (Wildman–Crippen MR) is 75.6 cm³/mol. The Bertz CT molecular complexity index is 500. The number of hydrogen-bond donors (Lipinski definition) is 2. The molecule has 0 saturated heterocycles. The van der Waals surface area contributed by atoms with E-state index in [0.29, 0.717) is 5.69 Å². The lowest BCUT2D eigenvalue weighted by Gasteiger charge is -2.19. The maximum absolute atomic E-state index is 13.2. The molecule has 0 spiro atoms. The fourth-order valence-electron chi connectivity index (χ4n) is 1.28. The van der Waals surface area contributed by atoms with Crippen LogP contribution in [0.1, 0.15) is 27.2 Å². The van der Waals surface area contributed by atoms with Gasteiger partial charge in [0.05, 0.1) is 5.54 Å². The van der Waals surface area contributed by atoms with E-state index in [1.54, 1.807) is 12.3 Å². The van der Waals surface area contributed by atoms with Crippen LogP contribution in [0.2, 0.25) is 5.02 Å². The molecule has 4 nitrogen and oxygen atoms in total. The van der Waals surface area contributed by atoms with Crippen LogP contribution in [0.4, 0.5) is 10.1 Å². The van der Waals surface area contributed by atoms with E-state index in [2.05, 4.69) is 15.6 Å². The number of nitrogens with one attached hydrogen (secondary N) is 2. The van der Waals surface area contributed by atoms with Gasteiger partial charge in [-0.05, 0) is 38.5 Å². The first kappa shape index (κ1) is 15.3. The second kappa shape index (κ2) is 6.39. The molecular weight excluding hydrogens is 267 g/mol. The van der Waals surface area contributed by atoms with Crippen LogP contribution >= 0.6 is 11.6 Å². The molecule has 19 heavy (non-hydrogen) atoms. The number of nitriles is 1. The summed E-state index contributed by atoms with van der Waals surface area (Å²) in [6, 6.07) is 4.04. The molecule has 1 aromatic rings. The van der Waals surface area contributed by atoms with E-state index >= 15 is 0 Å². The molecule has 6 heteroatoms. The Kier molecular flexibility index (Phi) is 5.13. The summed E-state index contributed by atoms with van der Waals surface area (Å²) >= 11 is 5.77. The zero-order chi connectivity index (χ0) is 14.5. The molecule has 0 saturated carbocycles. The molecule has 0 aliphatic rings. The van der Waals surface area contributed by atoms with Gasteiger partial charge in [-0.15, -0.1) is 0 Å². The van der Waals surface area contributed by atoms with Gasteiger partial charge in [0, 0.05) is 10.7 Å². The summed E-state index contributed by atoms with van der Waals surface area (Å²) in [5.41, 5.74) is 0.0990. The molecule has 0 aliphatic heterocycles. The van der Waals surface area contributed by atoms with Crippen molar-refractivity contribution in [3.05, 3.63) is 29.0 Å². The second-order valence-electron chi connectivity index (χ2n) is 4.65. The number of halogens is 2. The van der Waals surface area contributed by atoms with Crippen molar-refractivity contribution >= 4 is 23.2 Å². The van der Waals surface area contributed by atoms with E-state index in [4.69, 9.17) is 16.9 Å². The zero-order valence-electron chi connectivity index (χ0n) is 11.1. The second-order valence-corrected chi connectivity index (χ2v) is 5.08. The van der Waals surface area contributed by atoms with Gasteiger partial charge in [-0.2, -0.15) is 5.26 Å². The maximum atomic E-state index is 13.2. The Hall–Kier alpha value is -1.80. The Labute approximate surface area is 117 Å². The molecule has 0 radical (unpaired) electrons. The third-order valence-corrected chi connectivity index (χ3v) is 2.80. The monoisotopic (exact) mass is 282 g/mol. The third-order valence-electron chi connectivity index (χ3n) is 2.58. The zero-order valence-corrected chi connectivity index (χ0v) is 11.8. The van der Waals surface area contributed by atoms with Crippen molar-refractivity contribution in [3.63, 3.8) is 0 Å². The highest BCUT2D eigenvalue weighted by Gasteiger charge is 2.15. The average molecular weight is 283 g/mol. The largest absolute Gasteiger partial charge is 0.325 e. The van der Waals surface area contributed by atoms with Gasteiger partial charge in [0.15, 0.2) is 6.19 Å². The first-order valence-electron chi connectivity index (χ1n) is 5.84. The lowest BCUT2D eigenvalue weighted by Crippen LogP contribution is -2.31. The number of anilines is 1. The lowest BCUT2D eigenvalue weighted by atomic mass is 10.0. The van der Waals surface area contributed by atoms with Gasteiger partial charge in [0.25, 0.3) is 0 Å². The van der Waals surface area contributed by atoms with Gasteiger partial charge >= 0.3 is 0 Å². The summed E-state index contributed by atoms with van der Waals surface area (Å²) in [6.45, 7) is 5.87. The van der Waals surface area contributed by atoms with Crippen molar-refractivity contribution in [1.29, 1.82) is 5.26 Å². The van der Waals surface area contributed by atoms with Crippen molar-refractivity contribution < 1.29 is 4.39 Å². The molecule has 0 amide bonds. The lowest BCUT2D eigenvalue weighted by molar-refractivity contribution is 0.503. The molecular formula is C13H16ClFN4. The molecule has 0 aromatic heterocycles. The highest BCUT2D eigenvalue weighted by atomic mass is 35.5.